The summed E-state index contributed by atoms with van der Waals surface area (Å²) in [5.41, 5.74) is 1.07. The molecule has 0 radical (unpaired) electrons. The first-order valence-corrected chi connectivity index (χ1v) is 7.44. The largest absolute Gasteiger partial charge is 0.354 e. The third kappa shape index (κ3) is 4.51. The zero-order valence-corrected chi connectivity index (χ0v) is 13.1. The molecule has 7 heteroatoms. The van der Waals surface area contributed by atoms with Gasteiger partial charge in [-0.25, -0.2) is 4.79 Å². The molecule has 3 amide bonds. The molecule has 0 spiro atoms. The fourth-order valence-electron chi connectivity index (χ4n) is 2.21. The van der Waals surface area contributed by atoms with Crippen LogP contribution < -0.4 is 16.0 Å². The first kappa shape index (κ1) is 15.9. The summed E-state index contributed by atoms with van der Waals surface area (Å²) in [4.78, 5) is 22.5. The molecule has 5 nitrogen and oxygen atoms in total. The second-order valence-corrected chi connectivity index (χ2v) is 5.85. The molecule has 0 heterocycles. The Balaban J connectivity index is 1.74. The maximum atomic E-state index is 11.6. The average molecular weight is 330 g/mol. The van der Waals surface area contributed by atoms with Crippen molar-refractivity contribution in [2.75, 3.05) is 20.1 Å². The summed E-state index contributed by atoms with van der Waals surface area (Å²) in [6, 6.07) is 5.12. The highest BCUT2D eigenvalue weighted by Crippen LogP contribution is 2.49. The quantitative estimate of drug-likeness (QED) is 0.774. The third-order valence-electron chi connectivity index (χ3n) is 3.48. The van der Waals surface area contributed by atoms with Gasteiger partial charge >= 0.3 is 6.03 Å². The summed E-state index contributed by atoms with van der Waals surface area (Å²) >= 11 is 12.0. The number of carbonyl (C=O) groups is 2. The Bertz CT molecular complexity index is 551. The average Bonchev–Trinajstić information content (AvgIpc) is 3.21. The second kappa shape index (κ2) is 7.00. The van der Waals surface area contributed by atoms with E-state index in [-0.39, 0.29) is 18.5 Å². The minimum atomic E-state index is -0.373. The van der Waals surface area contributed by atoms with E-state index in [2.05, 4.69) is 16.0 Å². The van der Waals surface area contributed by atoms with Crippen molar-refractivity contribution in [2.24, 2.45) is 5.92 Å². The van der Waals surface area contributed by atoms with Crippen LogP contribution in [0.3, 0.4) is 0 Å². The molecule has 114 valence electrons. The van der Waals surface area contributed by atoms with Crippen molar-refractivity contribution in [3.63, 3.8) is 0 Å². The molecule has 2 atom stereocenters. The van der Waals surface area contributed by atoms with Gasteiger partial charge in [-0.2, -0.15) is 0 Å². The lowest BCUT2D eigenvalue weighted by atomic mass is 10.1. The highest BCUT2D eigenvalue weighted by Gasteiger charge is 2.39. The number of hydrogen-bond acceptors (Lipinski definition) is 2. The van der Waals surface area contributed by atoms with Gasteiger partial charge in [-0.1, -0.05) is 29.3 Å². The lowest BCUT2D eigenvalue weighted by Gasteiger charge is -2.07. The first-order valence-electron chi connectivity index (χ1n) is 6.68. The summed E-state index contributed by atoms with van der Waals surface area (Å²) in [6.45, 7) is 0.552. The number of rotatable bonds is 5. The van der Waals surface area contributed by atoms with Gasteiger partial charge in [-0.15, -0.1) is 0 Å². The fourth-order valence-corrected chi connectivity index (χ4v) is 2.76. The van der Waals surface area contributed by atoms with E-state index in [1.54, 1.807) is 6.07 Å². The van der Waals surface area contributed by atoms with Crippen LogP contribution in [0.4, 0.5) is 4.79 Å². The zero-order chi connectivity index (χ0) is 15.4. The Hall–Kier alpha value is -1.46. The molecule has 0 saturated heterocycles. The van der Waals surface area contributed by atoms with E-state index in [4.69, 9.17) is 23.2 Å². The molecule has 3 N–H and O–H groups in total. The van der Waals surface area contributed by atoms with Crippen LogP contribution in [0.2, 0.25) is 10.0 Å². The predicted octanol–water partition coefficient (Wildman–Crippen LogP) is 2.14. The SMILES string of the molecule is CNC(=O)NCC(=O)NC[C@H]1C[C@@H]1c1ccc(Cl)cc1Cl. The van der Waals surface area contributed by atoms with Gasteiger partial charge in [-0.05, 0) is 36.0 Å². The first-order chi connectivity index (χ1) is 10.0. The molecule has 0 aliphatic heterocycles. The Morgan fingerprint density at radius 1 is 1.29 bits per heavy atom. The number of nitrogens with one attached hydrogen (secondary N) is 3. The summed E-state index contributed by atoms with van der Waals surface area (Å²) < 4.78 is 0. The highest BCUT2D eigenvalue weighted by atomic mass is 35.5. The van der Waals surface area contributed by atoms with E-state index in [1.807, 2.05) is 12.1 Å². The van der Waals surface area contributed by atoms with Gasteiger partial charge in [0.05, 0.1) is 6.54 Å². The van der Waals surface area contributed by atoms with Gasteiger partial charge < -0.3 is 16.0 Å². The van der Waals surface area contributed by atoms with Crippen LogP contribution in [-0.4, -0.2) is 32.1 Å². The minimum absolute atomic E-state index is 0.0290. The van der Waals surface area contributed by atoms with Crippen molar-refractivity contribution in [2.45, 2.75) is 12.3 Å². The van der Waals surface area contributed by atoms with Crippen molar-refractivity contribution in [3.05, 3.63) is 33.8 Å². The van der Waals surface area contributed by atoms with E-state index >= 15 is 0 Å². The fraction of sp³-hybridized carbons (Fsp3) is 0.429. The number of urea groups is 1. The number of amides is 3. The molecule has 0 bridgehead atoms. The molecule has 1 fully saturated rings. The molecular weight excluding hydrogens is 313 g/mol. The van der Waals surface area contributed by atoms with E-state index < -0.39 is 0 Å². The standard InChI is InChI=1S/C14H17Cl2N3O2/c1-17-14(21)19-7-13(20)18-6-8-4-11(8)10-3-2-9(15)5-12(10)16/h2-3,5,8,11H,4,6-7H2,1H3,(H,18,20)(H2,17,19,21)/t8-,11+/m1/s1. The maximum absolute atomic E-state index is 11.6. The van der Waals surface area contributed by atoms with E-state index in [0.29, 0.717) is 28.4 Å². The van der Waals surface area contributed by atoms with Crippen LogP contribution in [-0.2, 0) is 4.79 Å². The van der Waals surface area contributed by atoms with Crippen molar-refractivity contribution < 1.29 is 9.59 Å². The molecule has 1 saturated carbocycles. The maximum Gasteiger partial charge on any atom is 0.314 e. The van der Waals surface area contributed by atoms with E-state index in [0.717, 1.165) is 12.0 Å². The molecule has 21 heavy (non-hydrogen) atoms. The Kier molecular flexibility index (Phi) is 5.31. The Labute approximate surface area is 133 Å². The Morgan fingerprint density at radius 2 is 2.05 bits per heavy atom. The van der Waals surface area contributed by atoms with Crippen LogP contribution in [0.15, 0.2) is 18.2 Å². The molecule has 1 aliphatic rings. The normalized spacial score (nSPS) is 19.8. The van der Waals surface area contributed by atoms with Gasteiger partial charge in [-0.3, -0.25) is 4.79 Å². The highest BCUT2D eigenvalue weighted by molar-refractivity contribution is 6.35. The molecule has 1 aromatic rings. The molecule has 1 aromatic carbocycles. The van der Waals surface area contributed by atoms with Crippen molar-refractivity contribution in [1.82, 2.24) is 16.0 Å². The molecule has 2 rings (SSSR count). The summed E-state index contributed by atoms with van der Waals surface area (Å²) in [7, 11) is 1.50. The van der Waals surface area contributed by atoms with Crippen molar-refractivity contribution >= 4 is 35.1 Å². The zero-order valence-electron chi connectivity index (χ0n) is 11.6. The van der Waals surface area contributed by atoms with Crippen LogP contribution in [0, 0.1) is 5.92 Å². The topological polar surface area (TPSA) is 70.2 Å². The second-order valence-electron chi connectivity index (χ2n) is 5.00. The van der Waals surface area contributed by atoms with Gasteiger partial charge in [0.2, 0.25) is 5.91 Å². The lowest BCUT2D eigenvalue weighted by Crippen LogP contribution is -2.41. The van der Waals surface area contributed by atoms with Crippen LogP contribution in [0.25, 0.3) is 0 Å². The smallest absolute Gasteiger partial charge is 0.314 e. The monoisotopic (exact) mass is 329 g/mol. The summed E-state index contributed by atoms with van der Waals surface area (Å²) in [6.07, 6.45) is 0.991. The molecule has 0 unspecified atom stereocenters. The van der Waals surface area contributed by atoms with Gasteiger partial charge in [0.15, 0.2) is 0 Å². The van der Waals surface area contributed by atoms with Crippen LogP contribution >= 0.6 is 23.2 Å². The van der Waals surface area contributed by atoms with Gasteiger partial charge in [0.1, 0.15) is 0 Å². The summed E-state index contributed by atoms with van der Waals surface area (Å²) in [5, 5.41) is 8.91. The van der Waals surface area contributed by atoms with E-state index in [9.17, 15) is 9.59 Å². The van der Waals surface area contributed by atoms with E-state index in [1.165, 1.54) is 7.05 Å². The van der Waals surface area contributed by atoms with Gasteiger partial charge in [0, 0.05) is 23.6 Å². The molecule has 1 aliphatic carbocycles. The molecule has 0 aromatic heterocycles. The Morgan fingerprint density at radius 3 is 2.71 bits per heavy atom. The predicted molar refractivity (Wildman–Crippen MR) is 82.8 cm³/mol. The number of hydrogen-bond donors (Lipinski definition) is 3. The number of halogens is 2. The molecular formula is C14H17Cl2N3O2. The van der Waals surface area contributed by atoms with Crippen molar-refractivity contribution in [1.29, 1.82) is 0 Å². The van der Waals surface area contributed by atoms with Crippen molar-refractivity contribution in [3.8, 4) is 0 Å². The number of benzene rings is 1. The number of carbonyl (C=O) groups excluding carboxylic acids is 2. The summed E-state index contributed by atoms with van der Waals surface area (Å²) in [5.74, 6) is 0.543. The van der Waals surface area contributed by atoms with Crippen LogP contribution in [0.5, 0.6) is 0 Å². The third-order valence-corrected chi connectivity index (χ3v) is 4.04. The minimum Gasteiger partial charge on any atom is -0.354 e. The van der Waals surface area contributed by atoms with Crippen LogP contribution in [0.1, 0.15) is 17.9 Å². The lowest BCUT2D eigenvalue weighted by molar-refractivity contribution is -0.120. The van der Waals surface area contributed by atoms with Gasteiger partial charge in [0.25, 0.3) is 0 Å².